The quantitative estimate of drug-likeness (QED) is 0.502. The van der Waals surface area contributed by atoms with Crippen molar-refractivity contribution in [1.29, 1.82) is 5.26 Å². The monoisotopic (exact) mass is 399 g/mol. The van der Waals surface area contributed by atoms with E-state index in [2.05, 4.69) is 10.3 Å². The highest BCUT2D eigenvalue weighted by atomic mass is 19.1. The number of nitrogens with one attached hydrogen (secondary N) is 2. The normalized spacial score (nSPS) is 11.4. The Kier molecular flexibility index (Phi) is 4.59. The van der Waals surface area contributed by atoms with Crippen molar-refractivity contribution in [2.45, 2.75) is 19.4 Å². The van der Waals surface area contributed by atoms with E-state index in [0.29, 0.717) is 22.0 Å². The van der Waals surface area contributed by atoms with Crippen LogP contribution < -0.4 is 10.7 Å². The number of fused-ring (bicyclic) bond motifs is 2. The van der Waals surface area contributed by atoms with E-state index in [1.165, 1.54) is 6.07 Å². The van der Waals surface area contributed by atoms with Crippen LogP contribution in [0.3, 0.4) is 0 Å². The predicted molar refractivity (Wildman–Crippen MR) is 114 cm³/mol. The molecule has 148 valence electrons. The van der Waals surface area contributed by atoms with Gasteiger partial charge in [0.2, 0.25) is 0 Å². The molecule has 0 unspecified atom stereocenters. The molecule has 3 aromatic carbocycles. The van der Waals surface area contributed by atoms with Gasteiger partial charge in [-0.2, -0.15) is 5.26 Å². The second-order valence-electron chi connectivity index (χ2n) is 7.65. The number of aromatic amines is 1. The maximum atomic E-state index is 14.8. The molecule has 1 aromatic heterocycles. The lowest BCUT2D eigenvalue weighted by atomic mass is 9.93. The Morgan fingerprint density at radius 3 is 2.43 bits per heavy atom. The first-order valence-corrected chi connectivity index (χ1v) is 9.37. The third kappa shape index (κ3) is 3.31. The van der Waals surface area contributed by atoms with Crippen molar-refractivity contribution >= 4 is 27.7 Å². The number of nitrogens with zero attached hydrogens (tertiary/aromatic N) is 1. The molecule has 4 aromatic rings. The molecule has 0 radical (unpaired) electrons. The fraction of sp³-hybridized carbons (Fsp3) is 0.125. The van der Waals surface area contributed by atoms with Crippen LogP contribution in [0.25, 0.3) is 21.8 Å². The zero-order valence-electron chi connectivity index (χ0n) is 16.4. The minimum absolute atomic E-state index is 0.157. The average molecular weight is 399 g/mol. The molecule has 0 spiro atoms. The zero-order valence-corrected chi connectivity index (χ0v) is 16.4. The number of benzene rings is 3. The number of rotatable bonds is 3. The minimum atomic E-state index is -0.802. The van der Waals surface area contributed by atoms with Gasteiger partial charge in [0.1, 0.15) is 5.82 Å². The molecule has 0 saturated heterocycles. The van der Waals surface area contributed by atoms with Crippen molar-refractivity contribution < 1.29 is 9.18 Å². The Morgan fingerprint density at radius 2 is 1.73 bits per heavy atom. The van der Waals surface area contributed by atoms with Gasteiger partial charge in [0.25, 0.3) is 5.91 Å². The van der Waals surface area contributed by atoms with E-state index in [9.17, 15) is 14.0 Å². The van der Waals surface area contributed by atoms with Crippen LogP contribution >= 0.6 is 0 Å². The van der Waals surface area contributed by atoms with Crippen LogP contribution in [0, 0.1) is 17.1 Å². The largest absolute Gasteiger partial charge is 0.354 e. The summed E-state index contributed by atoms with van der Waals surface area (Å²) in [6.07, 6.45) is 0. The summed E-state index contributed by atoms with van der Waals surface area (Å²) in [6.45, 7) is 3.58. The molecule has 0 aliphatic carbocycles. The number of hydrogen-bond donors (Lipinski definition) is 2. The number of pyridine rings is 1. The third-order valence-electron chi connectivity index (χ3n) is 5.20. The van der Waals surface area contributed by atoms with Gasteiger partial charge in [-0.1, -0.05) is 24.3 Å². The van der Waals surface area contributed by atoms with Gasteiger partial charge < -0.3 is 10.3 Å². The number of nitriles is 1. The first-order valence-electron chi connectivity index (χ1n) is 9.37. The Hall–Kier alpha value is -3.98. The lowest BCUT2D eigenvalue weighted by Crippen LogP contribution is -2.41. The fourth-order valence-corrected chi connectivity index (χ4v) is 3.50. The lowest BCUT2D eigenvalue weighted by molar-refractivity contribution is 0.0908. The molecule has 0 saturated carbocycles. The van der Waals surface area contributed by atoms with Crippen molar-refractivity contribution in [3.63, 3.8) is 0 Å². The Bertz CT molecular complexity index is 1400. The number of hydrogen-bond acceptors (Lipinski definition) is 3. The van der Waals surface area contributed by atoms with Gasteiger partial charge in [-0.25, -0.2) is 4.39 Å². The van der Waals surface area contributed by atoms with E-state index in [4.69, 9.17) is 5.26 Å². The SMILES string of the molecule is CC(C)(NC(=O)c1cc2[nH]c3ccccc3c(=O)c2cc1F)c1ccc(C#N)cc1. The number of amides is 1. The highest BCUT2D eigenvalue weighted by molar-refractivity contribution is 6.00. The van der Waals surface area contributed by atoms with Crippen LogP contribution in [0.1, 0.15) is 35.3 Å². The van der Waals surface area contributed by atoms with Gasteiger partial charge in [-0.3, -0.25) is 9.59 Å². The van der Waals surface area contributed by atoms with Crippen LogP contribution in [-0.2, 0) is 5.54 Å². The van der Waals surface area contributed by atoms with Crippen molar-refractivity contribution in [1.82, 2.24) is 10.3 Å². The smallest absolute Gasteiger partial charge is 0.255 e. The topological polar surface area (TPSA) is 85.8 Å². The number of aromatic nitrogens is 1. The highest BCUT2D eigenvalue weighted by Crippen LogP contribution is 2.23. The first-order chi connectivity index (χ1) is 14.3. The molecule has 1 heterocycles. The number of para-hydroxylation sites is 1. The van der Waals surface area contributed by atoms with Crippen LogP contribution in [0.4, 0.5) is 4.39 Å². The van der Waals surface area contributed by atoms with Crippen molar-refractivity contribution in [3.8, 4) is 6.07 Å². The second kappa shape index (κ2) is 7.12. The fourth-order valence-electron chi connectivity index (χ4n) is 3.50. The van der Waals surface area contributed by atoms with E-state index in [-0.39, 0.29) is 16.4 Å². The third-order valence-corrected chi connectivity index (χ3v) is 5.20. The zero-order chi connectivity index (χ0) is 21.5. The standard InChI is InChI=1S/C24H18FN3O2/c1-24(2,15-9-7-14(13-26)8-10-15)28-23(30)17-12-21-18(11-19(17)25)22(29)16-5-3-4-6-20(16)27-21/h3-12H,1-2H3,(H,27,29)(H,28,30). The summed E-state index contributed by atoms with van der Waals surface area (Å²) >= 11 is 0. The van der Waals surface area contributed by atoms with Crippen LogP contribution in [-0.4, -0.2) is 10.9 Å². The molecule has 0 bridgehead atoms. The van der Waals surface area contributed by atoms with Gasteiger partial charge in [0, 0.05) is 16.3 Å². The predicted octanol–water partition coefficient (Wildman–Crippen LogP) is 4.36. The molecule has 1 amide bonds. The van der Waals surface area contributed by atoms with Gasteiger partial charge >= 0.3 is 0 Å². The molecule has 0 aliphatic rings. The molecule has 6 heteroatoms. The van der Waals surface area contributed by atoms with Gasteiger partial charge in [0.05, 0.1) is 28.3 Å². The van der Waals surface area contributed by atoms with E-state index in [1.54, 1.807) is 62.4 Å². The molecule has 0 fully saturated rings. The maximum absolute atomic E-state index is 14.8. The molecule has 0 atom stereocenters. The summed E-state index contributed by atoms with van der Waals surface area (Å²) in [6, 6.07) is 18.3. The summed E-state index contributed by atoms with van der Waals surface area (Å²) < 4.78 is 14.8. The highest BCUT2D eigenvalue weighted by Gasteiger charge is 2.25. The van der Waals surface area contributed by atoms with Crippen molar-refractivity contribution in [2.75, 3.05) is 0 Å². The number of H-pyrrole nitrogens is 1. The molecule has 5 nitrogen and oxygen atoms in total. The number of carbonyl (C=O) groups is 1. The van der Waals surface area contributed by atoms with E-state index >= 15 is 0 Å². The van der Waals surface area contributed by atoms with Crippen molar-refractivity contribution in [2.24, 2.45) is 0 Å². The second-order valence-corrected chi connectivity index (χ2v) is 7.65. The van der Waals surface area contributed by atoms with Gasteiger partial charge in [-0.15, -0.1) is 0 Å². The minimum Gasteiger partial charge on any atom is -0.354 e. The first kappa shape index (κ1) is 19.3. The lowest BCUT2D eigenvalue weighted by Gasteiger charge is -2.27. The molecule has 30 heavy (non-hydrogen) atoms. The molecular formula is C24H18FN3O2. The summed E-state index contributed by atoms with van der Waals surface area (Å²) in [5, 5.41) is 12.4. The number of carbonyl (C=O) groups excluding carboxylic acids is 1. The van der Waals surface area contributed by atoms with Crippen LogP contribution in [0.15, 0.2) is 65.5 Å². The molecule has 4 rings (SSSR count). The van der Waals surface area contributed by atoms with Gasteiger partial charge in [0.15, 0.2) is 5.43 Å². The molecule has 0 aliphatic heterocycles. The average Bonchev–Trinajstić information content (AvgIpc) is 2.74. The summed E-state index contributed by atoms with van der Waals surface area (Å²) in [5.74, 6) is -1.37. The van der Waals surface area contributed by atoms with Crippen molar-refractivity contribution in [3.05, 3.63) is 93.4 Å². The Morgan fingerprint density at radius 1 is 1.03 bits per heavy atom. The molecule has 2 N–H and O–H groups in total. The van der Waals surface area contributed by atoms with E-state index in [1.807, 2.05) is 6.07 Å². The Balaban J connectivity index is 1.73. The summed E-state index contributed by atoms with van der Waals surface area (Å²) in [7, 11) is 0. The summed E-state index contributed by atoms with van der Waals surface area (Å²) in [4.78, 5) is 28.7. The van der Waals surface area contributed by atoms with Crippen LogP contribution in [0.5, 0.6) is 0 Å². The van der Waals surface area contributed by atoms with Gasteiger partial charge in [-0.05, 0) is 55.8 Å². The van der Waals surface area contributed by atoms with Crippen LogP contribution in [0.2, 0.25) is 0 Å². The number of halogens is 1. The van der Waals surface area contributed by atoms with E-state index < -0.39 is 17.3 Å². The van der Waals surface area contributed by atoms with E-state index in [0.717, 1.165) is 11.6 Å². The Labute approximate surface area is 171 Å². The summed E-state index contributed by atoms with van der Waals surface area (Å²) in [5.41, 5.74) is 1.04. The molecular weight excluding hydrogens is 381 g/mol. The maximum Gasteiger partial charge on any atom is 0.255 e.